The standard InChI is InChI=1S/C17H27NOS/c1-4-10-18-16(12-20-13(3)5-2)15-8-6-7-14-9-11-19-17(14)15/h6-8,13,16,18H,4-5,9-12H2,1-3H3. The summed E-state index contributed by atoms with van der Waals surface area (Å²) in [6.45, 7) is 8.70. The molecule has 3 heteroatoms. The van der Waals surface area contributed by atoms with Crippen LogP contribution in [0.2, 0.25) is 0 Å². The molecule has 0 spiro atoms. The Morgan fingerprint density at radius 2 is 2.20 bits per heavy atom. The molecule has 0 aliphatic carbocycles. The molecule has 0 radical (unpaired) electrons. The van der Waals surface area contributed by atoms with Crippen molar-refractivity contribution in [2.24, 2.45) is 0 Å². The van der Waals surface area contributed by atoms with E-state index in [0.29, 0.717) is 6.04 Å². The van der Waals surface area contributed by atoms with E-state index < -0.39 is 0 Å². The molecule has 0 fully saturated rings. The van der Waals surface area contributed by atoms with Gasteiger partial charge in [-0.1, -0.05) is 39.0 Å². The SMILES string of the molecule is CCCNC(CSC(C)CC)c1cccc2c1OCC2. The summed E-state index contributed by atoms with van der Waals surface area (Å²) in [7, 11) is 0. The number of fused-ring (bicyclic) bond motifs is 1. The van der Waals surface area contributed by atoms with Gasteiger partial charge in [0.1, 0.15) is 5.75 Å². The van der Waals surface area contributed by atoms with Gasteiger partial charge in [-0.05, 0) is 24.9 Å². The number of nitrogens with one attached hydrogen (secondary N) is 1. The zero-order chi connectivity index (χ0) is 14.4. The molecule has 1 heterocycles. The minimum absolute atomic E-state index is 0.405. The molecule has 1 aliphatic rings. The average molecular weight is 293 g/mol. The number of thioether (sulfide) groups is 1. The third-order valence-corrected chi connectivity index (χ3v) is 5.31. The summed E-state index contributed by atoms with van der Waals surface area (Å²) in [5.41, 5.74) is 2.73. The van der Waals surface area contributed by atoms with Crippen molar-refractivity contribution in [3.05, 3.63) is 29.3 Å². The summed E-state index contributed by atoms with van der Waals surface area (Å²) >= 11 is 2.06. The van der Waals surface area contributed by atoms with Crippen molar-refractivity contribution >= 4 is 11.8 Å². The summed E-state index contributed by atoms with van der Waals surface area (Å²) in [5, 5.41) is 4.41. The molecule has 1 aliphatic heterocycles. The van der Waals surface area contributed by atoms with E-state index in [-0.39, 0.29) is 0 Å². The molecule has 2 unspecified atom stereocenters. The Kier molecular flexibility index (Phi) is 6.24. The van der Waals surface area contributed by atoms with Crippen LogP contribution in [0.25, 0.3) is 0 Å². The van der Waals surface area contributed by atoms with Crippen LogP contribution >= 0.6 is 11.8 Å². The molecular formula is C17H27NOS. The molecule has 0 aromatic heterocycles. The van der Waals surface area contributed by atoms with Crippen LogP contribution in [-0.2, 0) is 6.42 Å². The first-order valence-corrected chi connectivity index (χ1v) is 8.90. The fourth-order valence-corrected chi connectivity index (χ4v) is 3.52. The number of benzene rings is 1. The number of para-hydroxylation sites is 1. The highest BCUT2D eigenvalue weighted by Gasteiger charge is 2.22. The molecule has 2 rings (SSSR count). The molecule has 1 aromatic rings. The van der Waals surface area contributed by atoms with Gasteiger partial charge < -0.3 is 10.1 Å². The second-order valence-corrected chi connectivity index (χ2v) is 6.96. The van der Waals surface area contributed by atoms with Crippen molar-refractivity contribution in [2.75, 3.05) is 18.9 Å². The fraction of sp³-hybridized carbons (Fsp3) is 0.647. The van der Waals surface area contributed by atoms with Crippen LogP contribution in [0.1, 0.15) is 50.8 Å². The van der Waals surface area contributed by atoms with E-state index in [9.17, 15) is 0 Å². The van der Waals surface area contributed by atoms with Crippen LogP contribution in [0.3, 0.4) is 0 Å². The van der Waals surface area contributed by atoms with Crippen LogP contribution in [0.4, 0.5) is 0 Å². The molecule has 0 amide bonds. The van der Waals surface area contributed by atoms with E-state index in [2.05, 4.69) is 56.0 Å². The third-order valence-electron chi connectivity index (χ3n) is 3.88. The van der Waals surface area contributed by atoms with Crippen molar-refractivity contribution < 1.29 is 4.74 Å². The van der Waals surface area contributed by atoms with E-state index in [1.165, 1.54) is 24.0 Å². The van der Waals surface area contributed by atoms with Gasteiger partial charge in [0, 0.05) is 29.0 Å². The summed E-state index contributed by atoms with van der Waals surface area (Å²) in [4.78, 5) is 0. The Labute approximate surface area is 127 Å². The Morgan fingerprint density at radius 1 is 1.35 bits per heavy atom. The second kappa shape index (κ2) is 7.94. The Morgan fingerprint density at radius 3 is 2.95 bits per heavy atom. The molecule has 112 valence electrons. The Bertz CT molecular complexity index is 421. The largest absolute Gasteiger partial charge is 0.493 e. The van der Waals surface area contributed by atoms with Crippen LogP contribution in [0.5, 0.6) is 5.75 Å². The fourth-order valence-electron chi connectivity index (χ4n) is 2.47. The van der Waals surface area contributed by atoms with Crippen LogP contribution in [-0.4, -0.2) is 24.2 Å². The van der Waals surface area contributed by atoms with Gasteiger partial charge in [0.25, 0.3) is 0 Å². The van der Waals surface area contributed by atoms with Gasteiger partial charge in [0.15, 0.2) is 0 Å². The normalized spacial score (nSPS) is 16.6. The van der Waals surface area contributed by atoms with Crippen molar-refractivity contribution in [2.45, 2.75) is 51.3 Å². The lowest BCUT2D eigenvalue weighted by Gasteiger charge is -2.22. The topological polar surface area (TPSA) is 21.3 Å². The maximum atomic E-state index is 5.87. The van der Waals surface area contributed by atoms with E-state index in [4.69, 9.17) is 4.74 Å². The van der Waals surface area contributed by atoms with Crippen LogP contribution in [0.15, 0.2) is 18.2 Å². The minimum atomic E-state index is 0.405. The number of rotatable bonds is 8. The maximum absolute atomic E-state index is 5.87. The molecule has 2 atom stereocenters. The summed E-state index contributed by atoms with van der Waals surface area (Å²) < 4.78 is 5.87. The molecule has 0 bridgehead atoms. The smallest absolute Gasteiger partial charge is 0.127 e. The zero-order valence-corrected chi connectivity index (χ0v) is 13.8. The first-order valence-electron chi connectivity index (χ1n) is 7.85. The third kappa shape index (κ3) is 3.92. The van der Waals surface area contributed by atoms with Crippen molar-refractivity contribution in [1.29, 1.82) is 0 Å². The highest BCUT2D eigenvalue weighted by atomic mass is 32.2. The van der Waals surface area contributed by atoms with Gasteiger partial charge in [0.2, 0.25) is 0 Å². The van der Waals surface area contributed by atoms with E-state index in [1.54, 1.807) is 0 Å². The molecule has 1 aromatic carbocycles. The minimum Gasteiger partial charge on any atom is -0.493 e. The highest BCUT2D eigenvalue weighted by Crippen LogP contribution is 2.35. The first-order chi connectivity index (χ1) is 9.76. The van der Waals surface area contributed by atoms with Crippen molar-refractivity contribution in [1.82, 2.24) is 5.32 Å². The van der Waals surface area contributed by atoms with Crippen molar-refractivity contribution in [3.63, 3.8) is 0 Å². The summed E-state index contributed by atoms with van der Waals surface area (Å²) in [6.07, 6.45) is 3.46. The van der Waals surface area contributed by atoms with Gasteiger partial charge >= 0.3 is 0 Å². The first kappa shape index (κ1) is 15.7. The Hall–Kier alpha value is -0.670. The average Bonchev–Trinajstić information content (AvgIpc) is 2.95. The number of hydrogen-bond donors (Lipinski definition) is 1. The lowest BCUT2D eigenvalue weighted by Crippen LogP contribution is -2.25. The van der Waals surface area contributed by atoms with Gasteiger partial charge in [0.05, 0.1) is 6.61 Å². The molecular weight excluding hydrogens is 266 g/mol. The molecule has 0 saturated carbocycles. The second-order valence-electron chi connectivity index (χ2n) is 5.49. The Balaban J connectivity index is 2.11. The van der Waals surface area contributed by atoms with E-state index in [1.807, 2.05) is 0 Å². The van der Waals surface area contributed by atoms with E-state index in [0.717, 1.165) is 36.3 Å². The number of ether oxygens (including phenoxy) is 1. The molecule has 0 saturated heterocycles. The zero-order valence-electron chi connectivity index (χ0n) is 12.9. The predicted octanol–water partition coefficient (Wildman–Crippen LogP) is 4.19. The lowest BCUT2D eigenvalue weighted by atomic mass is 10.0. The molecule has 20 heavy (non-hydrogen) atoms. The van der Waals surface area contributed by atoms with Gasteiger partial charge in [-0.3, -0.25) is 0 Å². The number of hydrogen-bond acceptors (Lipinski definition) is 3. The van der Waals surface area contributed by atoms with E-state index >= 15 is 0 Å². The maximum Gasteiger partial charge on any atom is 0.127 e. The van der Waals surface area contributed by atoms with Crippen LogP contribution < -0.4 is 10.1 Å². The predicted molar refractivity (Wildman–Crippen MR) is 88.9 cm³/mol. The summed E-state index contributed by atoms with van der Waals surface area (Å²) in [6, 6.07) is 7.01. The molecule has 1 N–H and O–H groups in total. The monoisotopic (exact) mass is 293 g/mol. The summed E-state index contributed by atoms with van der Waals surface area (Å²) in [5.74, 6) is 2.26. The quantitative estimate of drug-likeness (QED) is 0.776. The van der Waals surface area contributed by atoms with Gasteiger partial charge in [-0.25, -0.2) is 0 Å². The van der Waals surface area contributed by atoms with Gasteiger partial charge in [-0.15, -0.1) is 0 Å². The highest BCUT2D eigenvalue weighted by molar-refractivity contribution is 7.99. The van der Waals surface area contributed by atoms with Crippen LogP contribution in [0, 0.1) is 0 Å². The van der Waals surface area contributed by atoms with Gasteiger partial charge in [-0.2, -0.15) is 11.8 Å². The molecule has 2 nitrogen and oxygen atoms in total. The lowest BCUT2D eigenvalue weighted by molar-refractivity contribution is 0.349. The van der Waals surface area contributed by atoms with Crippen molar-refractivity contribution in [3.8, 4) is 5.75 Å².